The second-order valence-corrected chi connectivity index (χ2v) is 4.52. The Morgan fingerprint density at radius 3 is 2.65 bits per heavy atom. The van der Waals surface area contributed by atoms with Crippen molar-refractivity contribution in [3.63, 3.8) is 0 Å². The van der Waals surface area contributed by atoms with Crippen LogP contribution in [0.4, 0.5) is 4.39 Å². The van der Waals surface area contributed by atoms with Crippen LogP contribution in [0.5, 0.6) is 11.5 Å². The molecule has 0 heterocycles. The van der Waals surface area contributed by atoms with Crippen molar-refractivity contribution in [1.82, 2.24) is 5.32 Å². The maximum atomic E-state index is 12.7. The number of ether oxygens (including phenoxy) is 2. The quantitative estimate of drug-likeness (QED) is 0.862. The standard InChI is InChI=1S/C18H16FNO3/c1-22-17-7-3-2-5-14(17)6-4-12-20-18(21)13-23-16-10-8-15(19)9-11-16/h2-3,5,7-11H,12-13H2,1H3,(H,20,21). The van der Waals surface area contributed by atoms with E-state index in [2.05, 4.69) is 17.2 Å². The van der Waals surface area contributed by atoms with Crippen LogP contribution in [0.25, 0.3) is 0 Å². The summed E-state index contributed by atoms with van der Waals surface area (Å²) < 4.78 is 23.1. The number of benzene rings is 2. The predicted molar refractivity (Wildman–Crippen MR) is 84.8 cm³/mol. The van der Waals surface area contributed by atoms with E-state index in [1.807, 2.05) is 24.3 Å². The molecular weight excluding hydrogens is 297 g/mol. The Kier molecular flexibility index (Phi) is 6.01. The number of hydrogen-bond acceptors (Lipinski definition) is 3. The second-order valence-electron chi connectivity index (χ2n) is 4.52. The summed E-state index contributed by atoms with van der Waals surface area (Å²) in [6.45, 7) is 0.0473. The number of nitrogens with one attached hydrogen (secondary N) is 1. The molecule has 2 aromatic rings. The van der Waals surface area contributed by atoms with Gasteiger partial charge in [-0.15, -0.1) is 0 Å². The number of methoxy groups -OCH3 is 1. The minimum Gasteiger partial charge on any atom is -0.495 e. The molecule has 0 aliphatic carbocycles. The van der Waals surface area contributed by atoms with E-state index in [0.29, 0.717) is 11.5 Å². The summed E-state index contributed by atoms with van der Waals surface area (Å²) in [5, 5.41) is 2.62. The van der Waals surface area contributed by atoms with Gasteiger partial charge in [-0.25, -0.2) is 4.39 Å². The molecule has 0 saturated carbocycles. The fourth-order valence-corrected chi connectivity index (χ4v) is 1.76. The lowest BCUT2D eigenvalue weighted by molar-refractivity contribution is -0.122. The van der Waals surface area contributed by atoms with Crippen LogP contribution >= 0.6 is 0 Å². The van der Waals surface area contributed by atoms with Gasteiger partial charge >= 0.3 is 0 Å². The van der Waals surface area contributed by atoms with Crippen LogP contribution in [-0.4, -0.2) is 26.2 Å². The molecule has 0 fully saturated rings. The zero-order chi connectivity index (χ0) is 16.5. The third-order valence-electron chi connectivity index (χ3n) is 2.89. The molecule has 118 valence electrons. The molecule has 2 aromatic carbocycles. The average Bonchev–Trinajstić information content (AvgIpc) is 2.58. The highest BCUT2D eigenvalue weighted by Crippen LogP contribution is 2.15. The monoisotopic (exact) mass is 313 g/mol. The van der Waals surface area contributed by atoms with Gasteiger partial charge in [0.15, 0.2) is 6.61 Å². The number of rotatable bonds is 5. The van der Waals surface area contributed by atoms with Crippen molar-refractivity contribution in [2.75, 3.05) is 20.3 Å². The first-order chi connectivity index (χ1) is 11.2. The molecule has 0 aromatic heterocycles. The molecule has 0 spiro atoms. The Bertz CT molecular complexity index is 717. The van der Waals surface area contributed by atoms with Crippen molar-refractivity contribution in [2.24, 2.45) is 0 Å². The lowest BCUT2D eigenvalue weighted by atomic mass is 10.2. The van der Waals surface area contributed by atoms with Crippen molar-refractivity contribution in [3.8, 4) is 23.3 Å². The van der Waals surface area contributed by atoms with Gasteiger partial charge in [0, 0.05) is 0 Å². The van der Waals surface area contributed by atoms with Gasteiger partial charge in [-0.1, -0.05) is 24.0 Å². The number of halogens is 1. The van der Waals surface area contributed by atoms with Crippen LogP contribution in [0.2, 0.25) is 0 Å². The summed E-state index contributed by atoms with van der Waals surface area (Å²) in [7, 11) is 1.58. The van der Waals surface area contributed by atoms with Crippen molar-refractivity contribution < 1.29 is 18.7 Å². The number of para-hydroxylation sites is 1. The van der Waals surface area contributed by atoms with E-state index in [1.54, 1.807) is 7.11 Å². The van der Waals surface area contributed by atoms with E-state index in [1.165, 1.54) is 24.3 Å². The molecule has 0 unspecified atom stereocenters. The highest BCUT2D eigenvalue weighted by molar-refractivity contribution is 5.77. The fraction of sp³-hybridized carbons (Fsp3) is 0.167. The summed E-state index contributed by atoms with van der Waals surface area (Å²) in [6.07, 6.45) is 0. The van der Waals surface area contributed by atoms with Crippen molar-refractivity contribution >= 4 is 5.91 Å². The first-order valence-corrected chi connectivity index (χ1v) is 6.96. The van der Waals surface area contributed by atoms with Crippen LogP contribution in [-0.2, 0) is 4.79 Å². The summed E-state index contributed by atoms with van der Waals surface area (Å²) in [5.74, 6) is 6.24. The molecule has 0 atom stereocenters. The van der Waals surface area contributed by atoms with Gasteiger partial charge in [0.05, 0.1) is 19.2 Å². The SMILES string of the molecule is COc1ccccc1C#CCNC(=O)COc1ccc(F)cc1. The third kappa shape index (κ3) is 5.36. The highest BCUT2D eigenvalue weighted by Gasteiger charge is 2.01. The van der Waals surface area contributed by atoms with Crippen LogP contribution in [0, 0.1) is 17.7 Å². The van der Waals surface area contributed by atoms with E-state index in [4.69, 9.17) is 9.47 Å². The molecule has 23 heavy (non-hydrogen) atoms. The molecule has 5 heteroatoms. The molecule has 0 aliphatic heterocycles. The predicted octanol–water partition coefficient (Wildman–Crippen LogP) is 2.38. The minimum atomic E-state index is -0.353. The maximum absolute atomic E-state index is 12.7. The van der Waals surface area contributed by atoms with Crippen LogP contribution in [0.1, 0.15) is 5.56 Å². The number of amides is 1. The molecule has 0 saturated heterocycles. The van der Waals surface area contributed by atoms with Gasteiger partial charge in [-0.2, -0.15) is 0 Å². The molecule has 0 radical (unpaired) electrons. The van der Waals surface area contributed by atoms with E-state index < -0.39 is 0 Å². The van der Waals surface area contributed by atoms with Crippen molar-refractivity contribution in [2.45, 2.75) is 0 Å². The molecule has 0 aliphatic rings. The highest BCUT2D eigenvalue weighted by atomic mass is 19.1. The lowest BCUT2D eigenvalue weighted by Gasteiger charge is -2.05. The van der Waals surface area contributed by atoms with Crippen LogP contribution < -0.4 is 14.8 Å². The topological polar surface area (TPSA) is 47.6 Å². The molecule has 2 rings (SSSR count). The molecule has 0 bridgehead atoms. The Hall–Kier alpha value is -3.00. The Morgan fingerprint density at radius 2 is 1.91 bits per heavy atom. The van der Waals surface area contributed by atoms with E-state index in [9.17, 15) is 9.18 Å². The largest absolute Gasteiger partial charge is 0.495 e. The molecule has 4 nitrogen and oxygen atoms in total. The molecule has 1 amide bonds. The molecule has 1 N–H and O–H groups in total. The van der Waals surface area contributed by atoms with E-state index >= 15 is 0 Å². The first kappa shape index (κ1) is 16.4. The van der Waals surface area contributed by atoms with Crippen LogP contribution in [0.15, 0.2) is 48.5 Å². The molecular formula is C18H16FNO3. The van der Waals surface area contributed by atoms with E-state index in [0.717, 1.165) is 5.56 Å². The summed E-state index contributed by atoms with van der Waals surface area (Å²) >= 11 is 0. The lowest BCUT2D eigenvalue weighted by Crippen LogP contribution is -2.29. The first-order valence-electron chi connectivity index (χ1n) is 6.96. The smallest absolute Gasteiger partial charge is 0.258 e. The van der Waals surface area contributed by atoms with Gasteiger partial charge < -0.3 is 14.8 Å². The van der Waals surface area contributed by atoms with Crippen molar-refractivity contribution in [1.29, 1.82) is 0 Å². The number of carbonyl (C=O) groups excluding carboxylic acids is 1. The zero-order valence-electron chi connectivity index (χ0n) is 12.6. The third-order valence-corrected chi connectivity index (χ3v) is 2.89. The van der Waals surface area contributed by atoms with E-state index in [-0.39, 0.29) is 24.9 Å². The van der Waals surface area contributed by atoms with Crippen molar-refractivity contribution in [3.05, 3.63) is 59.9 Å². The fourth-order valence-electron chi connectivity index (χ4n) is 1.76. The van der Waals surface area contributed by atoms with Gasteiger partial charge in [-0.05, 0) is 36.4 Å². The summed E-state index contributed by atoms with van der Waals surface area (Å²) in [5.41, 5.74) is 0.756. The van der Waals surface area contributed by atoms with Gasteiger partial charge in [0.25, 0.3) is 5.91 Å². The Labute approximate surface area is 134 Å². The second kappa shape index (κ2) is 8.44. The normalized spacial score (nSPS) is 9.48. The van der Waals surface area contributed by atoms with Crippen LogP contribution in [0.3, 0.4) is 0 Å². The van der Waals surface area contributed by atoms with Gasteiger partial charge in [0.2, 0.25) is 0 Å². The number of hydrogen-bond donors (Lipinski definition) is 1. The van der Waals surface area contributed by atoms with Gasteiger partial charge in [-0.3, -0.25) is 4.79 Å². The van der Waals surface area contributed by atoms with Gasteiger partial charge in [0.1, 0.15) is 17.3 Å². The zero-order valence-corrected chi connectivity index (χ0v) is 12.6. The minimum absolute atomic E-state index is 0.151. The Morgan fingerprint density at radius 1 is 1.17 bits per heavy atom. The maximum Gasteiger partial charge on any atom is 0.258 e. The average molecular weight is 313 g/mol. The summed E-state index contributed by atoms with van der Waals surface area (Å²) in [4.78, 5) is 11.6. The summed E-state index contributed by atoms with van der Waals surface area (Å²) in [6, 6.07) is 12.8. The number of carbonyl (C=O) groups is 1. The Balaban J connectivity index is 1.77.